The number of ether oxygens (including phenoxy) is 1. The predicted molar refractivity (Wildman–Crippen MR) is 78.4 cm³/mol. The number of piperidine rings is 1. The molecule has 3 unspecified atom stereocenters. The minimum absolute atomic E-state index is 0.495. The highest BCUT2D eigenvalue weighted by molar-refractivity contribution is 4.90. The van der Waals surface area contributed by atoms with Crippen molar-refractivity contribution in [2.24, 2.45) is 5.92 Å². The molecule has 0 aromatic heterocycles. The second kappa shape index (κ2) is 6.55. The molecule has 110 valence electrons. The molecular formula is C16H30N2O. The summed E-state index contributed by atoms with van der Waals surface area (Å²) in [5.41, 5.74) is 0. The molecule has 19 heavy (non-hydrogen) atoms. The minimum atomic E-state index is 0.495. The summed E-state index contributed by atoms with van der Waals surface area (Å²) in [6.07, 6.45) is 11.5. The van der Waals surface area contributed by atoms with Crippen LogP contribution in [0.5, 0.6) is 0 Å². The Labute approximate surface area is 118 Å². The molecule has 3 heteroatoms. The van der Waals surface area contributed by atoms with E-state index in [4.69, 9.17) is 4.74 Å². The van der Waals surface area contributed by atoms with Gasteiger partial charge < -0.3 is 10.1 Å². The van der Waals surface area contributed by atoms with E-state index in [1.165, 1.54) is 71.0 Å². The van der Waals surface area contributed by atoms with E-state index in [2.05, 4.69) is 10.2 Å². The topological polar surface area (TPSA) is 24.5 Å². The van der Waals surface area contributed by atoms with Gasteiger partial charge in [0.15, 0.2) is 0 Å². The molecule has 0 aromatic rings. The van der Waals surface area contributed by atoms with Crippen LogP contribution in [0.3, 0.4) is 0 Å². The van der Waals surface area contributed by atoms with Gasteiger partial charge in [-0.25, -0.2) is 0 Å². The predicted octanol–water partition coefficient (Wildman–Crippen LogP) is 2.41. The SMILES string of the molecule is COC1CCCCC1N1CCC(C2CCCN2)CC1. The maximum absolute atomic E-state index is 5.73. The van der Waals surface area contributed by atoms with E-state index in [0.29, 0.717) is 12.1 Å². The molecule has 2 heterocycles. The van der Waals surface area contributed by atoms with E-state index in [1.54, 1.807) is 0 Å². The maximum Gasteiger partial charge on any atom is 0.0726 e. The van der Waals surface area contributed by atoms with Gasteiger partial charge in [-0.1, -0.05) is 12.8 Å². The van der Waals surface area contributed by atoms with Crippen LogP contribution >= 0.6 is 0 Å². The van der Waals surface area contributed by atoms with Gasteiger partial charge in [0.2, 0.25) is 0 Å². The average molecular weight is 266 g/mol. The molecule has 0 bridgehead atoms. The third kappa shape index (κ3) is 3.14. The van der Waals surface area contributed by atoms with Gasteiger partial charge in [-0.3, -0.25) is 4.90 Å². The molecule has 2 saturated heterocycles. The number of nitrogens with one attached hydrogen (secondary N) is 1. The van der Waals surface area contributed by atoms with Gasteiger partial charge in [0.05, 0.1) is 6.10 Å². The van der Waals surface area contributed by atoms with Crippen LogP contribution in [0.2, 0.25) is 0 Å². The normalized spacial score (nSPS) is 38.7. The number of methoxy groups -OCH3 is 1. The summed E-state index contributed by atoms with van der Waals surface area (Å²) < 4.78 is 5.73. The summed E-state index contributed by atoms with van der Waals surface area (Å²) in [5.74, 6) is 0.934. The molecule has 0 amide bonds. The van der Waals surface area contributed by atoms with Crippen molar-refractivity contribution in [2.45, 2.75) is 69.6 Å². The van der Waals surface area contributed by atoms with Gasteiger partial charge in [0, 0.05) is 19.2 Å². The van der Waals surface area contributed by atoms with Crippen molar-refractivity contribution in [3.63, 3.8) is 0 Å². The largest absolute Gasteiger partial charge is 0.380 e. The molecule has 1 saturated carbocycles. The van der Waals surface area contributed by atoms with Crippen molar-refractivity contribution in [1.82, 2.24) is 10.2 Å². The van der Waals surface area contributed by atoms with Gasteiger partial charge >= 0.3 is 0 Å². The summed E-state index contributed by atoms with van der Waals surface area (Å²) in [6, 6.07) is 1.53. The Hall–Kier alpha value is -0.120. The van der Waals surface area contributed by atoms with Crippen LogP contribution in [0.15, 0.2) is 0 Å². The van der Waals surface area contributed by atoms with Crippen LogP contribution in [0.25, 0.3) is 0 Å². The average Bonchev–Trinajstić information content (AvgIpc) is 3.02. The summed E-state index contributed by atoms with van der Waals surface area (Å²) in [5, 5.41) is 3.70. The third-order valence-corrected chi connectivity index (χ3v) is 5.68. The van der Waals surface area contributed by atoms with E-state index in [-0.39, 0.29) is 0 Å². The summed E-state index contributed by atoms with van der Waals surface area (Å²) in [7, 11) is 1.90. The molecule has 1 N–H and O–H groups in total. The zero-order valence-corrected chi connectivity index (χ0v) is 12.4. The first-order valence-electron chi connectivity index (χ1n) is 8.38. The lowest BCUT2D eigenvalue weighted by molar-refractivity contribution is -0.0237. The number of hydrogen-bond donors (Lipinski definition) is 1. The van der Waals surface area contributed by atoms with Crippen LogP contribution < -0.4 is 5.32 Å². The Kier molecular flexibility index (Phi) is 4.78. The van der Waals surface area contributed by atoms with Crippen LogP contribution in [0.1, 0.15) is 51.4 Å². The smallest absolute Gasteiger partial charge is 0.0726 e. The van der Waals surface area contributed by atoms with Crippen molar-refractivity contribution in [1.29, 1.82) is 0 Å². The number of hydrogen-bond acceptors (Lipinski definition) is 3. The first-order chi connectivity index (χ1) is 9.38. The van der Waals surface area contributed by atoms with Crippen molar-refractivity contribution >= 4 is 0 Å². The van der Waals surface area contributed by atoms with Crippen LogP contribution in [0.4, 0.5) is 0 Å². The second-order valence-electron chi connectivity index (χ2n) is 6.70. The number of nitrogens with zero attached hydrogens (tertiary/aromatic N) is 1. The molecule has 2 aliphatic heterocycles. The Bertz CT molecular complexity index is 270. The summed E-state index contributed by atoms with van der Waals surface area (Å²) in [4.78, 5) is 2.73. The van der Waals surface area contributed by atoms with E-state index < -0.39 is 0 Å². The summed E-state index contributed by atoms with van der Waals surface area (Å²) in [6.45, 7) is 3.85. The molecule has 1 aliphatic carbocycles. The van der Waals surface area contributed by atoms with Crippen LogP contribution in [-0.4, -0.2) is 49.8 Å². The van der Waals surface area contributed by atoms with Gasteiger partial charge in [-0.15, -0.1) is 0 Å². The minimum Gasteiger partial charge on any atom is -0.380 e. The van der Waals surface area contributed by atoms with Crippen molar-refractivity contribution < 1.29 is 4.74 Å². The van der Waals surface area contributed by atoms with Crippen molar-refractivity contribution in [3.05, 3.63) is 0 Å². The Morgan fingerprint density at radius 3 is 2.42 bits per heavy atom. The Balaban J connectivity index is 1.51. The van der Waals surface area contributed by atoms with E-state index in [1.807, 2.05) is 7.11 Å². The van der Waals surface area contributed by atoms with Gasteiger partial charge in [-0.05, 0) is 64.1 Å². The Morgan fingerprint density at radius 1 is 0.947 bits per heavy atom. The monoisotopic (exact) mass is 266 g/mol. The zero-order valence-electron chi connectivity index (χ0n) is 12.4. The molecule has 0 radical (unpaired) electrons. The van der Waals surface area contributed by atoms with Crippen molar-refractivity contribution in [2.75, 3.05) is 26.7 Å². The highest BCUT2D eigenvalue weighted by Crippen LogP contribution is 2.31. The van der Waals surface area contributed by atoms with Gasteiger partial charge in [-0.2, -0.15) is 0 Å². The summed E-state index contributed by atoms with van der Waals surface area (Å²) >= 11 is 0. The zero-order chi connectivity index (χ0) is 13.1. The Morgan fingerprint density at radius 2 is 1.74 bits per heavy atom. The first-order valence-corrected chi connectivity index (χ1v) is 8.38. The van der Waals surface area contributed by atoms with Gasteiger partial charge in [0.25, 0.3) is 0 Å². The molecule has 3 nitrogen and oxygen atoms in total. The fourth-order valence-electron chi connectivity index (χ4n) is 4.54. The van der Waals surface area contributed by atoms with Gasteiger partial charge in [0.1, 0.15) is 0 Å². The first kappa shape index (κ1) is 13.8. The highest BCUT2D eigenvalue weighted by Gasteiger charge is 2.34. The van der Waals surface area contributed by atoms with Crippen LogP contribution in [0, 0.1) is 5.92 Å². The molecule has 0 aromatic carbocycles. The lowest BCUT2D eigenvalue weighted by atomic mass is 9.85. The molecular weight excluding hydrogens is 236 g/mol. The molecule has 3 rings (SSSR count). The molecule has 0 spiro atoms. The van der Waals surface area contributed by atoms with E-state index >= 15 is 0 Å². The van der Waals surface area contributed by atoms with E-state index in [0.717, 1.165) is 12.0 Å². The third-order valence-electron chi connectivity index (χ3n) is 5.68. The lowest BCUT2D eigenvalue weighted by Crippen LogP contribution is -2.51. The quantitative estimate of drug-likeness (QED) is 0.849. The lowest BCUT2D eigenvalue weighted by Gasteiger charge is -2.43. The molecule has 3 fully saturated rings. The fourth-order valence-corrected chi connectivity index (χ4v) is 4.54. The van der Waals surface area contributed by atoms with Crippen molar-refractivity contribution in [3.8, 4) is 0 Å². The fraction of sp³-hybridized carbons (Fsp3) is 1.00. The maximum atomic E-state index is 5.73. The number of rotatable bonds is 3. The van der Waals surface area contributed by atoms with E-state index in [9.17, 15) is 0 Å². The molecule has 3 aliphatic rings. The number of likely N-dealkylation sites (tertiary alicyclic amines) is 1. The highest BCUT2D eigenvalue weighted by atomic mass is 16.5. The second-order valence-corrected chi connectivity index (χ2v) is 6.70. The molecule has 3 atom stereocenters. The standard InChI is InChI=1S/C16H30N2O/c1-19-16-7-3-2-6-15(16)18-11-8-13(9-12-18)14-5-4-10-17-14/h13-17H,2-12H2,1H3. The van der Waals surface area contributed by atoms with Crippen LogP contribution in [-0.2, 0) is 4.74 Å².